The molecule has 2 amide bonds. The first-order valence-electron chi connectivity index (χ1n) is 14.4. The fourth-order valence-corrected chi connectivity index (χ4v) is 5.07. The van der Waals surface area contributed by atoms with Crippen molar-refractivity contribution < 1.29 is 9.59 Å². The molecule has 9 nitrogen and oxygen atoms in total. The highest BCUT2D eigenvalue weighted by Gasteiger charge is 2.18. The van der Waals surface area contributed by atoms with Crippen molar-refractivity contribution in [3.8, 4) is 28.2 Å². The Kier molecular flexibility index (Phi) is 8.06. The van der Waals surface area contributed by atoms with Crippen molar-refractivity contribution in [2.75, 3.05) is 11.1 Å². The molecule has 0 aliphatic heterocycles. The second-order valence-corrected chi connectivity index (χ2v) is 10.6. The Morgan fingerprint density at radius 3 is 2.33 bits per heavy atom. The maximum atomic E-state index is 12.8. The van der Waals surface area contributed by atoms with E-state index in [-0.39, 0.29) is 11.8 Å². The third-order valence-electron chi connectivity index (χ3n) is 7.26. The molecule has 0 atom stereocenters. The quantitative estimate of drug-likeness (QED) is 0.158. The number of carbonyl (C=O) groups excluding carboxylic acids is 2. The zero-order valence-electron chi connectivity index (χ0n) is 24.6. The number of nitrogens with two attached hydrogens (primary N) is 2. The smallest absolute Gasteiger partial charge is 0.251 e. The summed E-state index contributed by atoms with van der Waals surface area (Å²) in [5, 5.41) is 5.67. The van der Waals surface area contributed by atoms with Crippen molar-refractivity contribution in [1.82, 2.24) is 19.9 Å². The van der Waals surface area contributed by atoms with Crippen molar-refractivity contribution in [3.63, 3.8) is 0 Å². The summed E-state index contributed by atoms with van der Waals surface area (Å²) in [5.41, 5.74) is 19.8. The van der Waals surface area contributed by atoms with Crippen LogP contribution in [0.1, 0.15) is 22.8 Å². The number of nitrogen functional groups attached to an aromatic ring is 1. The fourth-order valence-electron chi connectivity index (χ4n) is 5.07. The van der Waals surface area contributed by atoms with Gasteiger partial charge in [0.25, 0.3) is 5.91 Å². The van der Waals surface area contributed by atoms with Crippen LogP contribution in [0.2, 0.25) is 0 Å². The molecule has 0 unspecified atom stereocenters. The molecule has 4 aromatic carbocycles. The molecule has 6 N–H and O–H groups in total. The summed E-state index contributed by atoms with van der Waals surface area (Å²) >= 11 is 0. The van der Waals surface area contributed by atoms with Gasteiger partial charge in [0.05, 0.1) is 16.6 Å². The van der Waals surface area contributed by atoms with Gasteiger partial charge in [0.15, 0.2) is 0 Å². The topological polar surface area (TPSA) is 141 Å². The lowest BCUT2D eigenvalue weighted by Gasteiger charge is -2.12. The van der Waals surface area contributed by atoms with Gasteiger partial charge in [0, 0.05) is 41.5 Å². The highest BCUT2D eigenvalue weighted by molar-refractivity contribution is 6.00. The Balaban J connectivity index is 1.24. The van der Waals surface area contributed by atoms with Gasteiger partial charge < -0.3 is 22.1 Å². The van der Waals surface area contributed by atoms with Gasteiger partial charge in [0.1, 0.15) is 11.6 Å². The van der Waals surface area contributed by atoms with E-state index >= 15 is 0 Å². The molecular formula is C36H31N7O2. The van der Waals surface area contributed by atoms with Crippen LogP contribution in [0.5, 0.6) is 0 Å². The predicted octanol–water partition coefficient (Wildman–Crippen LogP) is 6.07. The number of anilines is 2. The van der Waals surface area contributed by atoms with Crippen molar-refractivity contribution in [2.45, 2.75) is 13.5 Å². The third kappa shape index (κ3) is 6.42. The molecule has 9 heteroatoms. The second-order valence-electron chi connectivity index (χ2n) is 10.6. The third-order valence-corrected chi connectivity index (χ3v) is 7.26. The molecule has 0 saturated heterocycles. The SMILES string of the molecule is C/C(N)=C/C(=O)Nc1ccc(C(=O)NCc2ccc(-n3c(-c4cccnc4N)nc4ccc(-c5ccccc5)cc43)cc2)cc1. The van der Waals surface area contributed by atoms with E-state index in [0.717, 1.165) is 39.0 Å². The van der Waals surface area contributed by atoms with Gasteiger partial charge in [-0.1, -0.05) is 48.5 Å². The molecule has 0 radical (unpaired) electrons. The van der Waals surface area contributed by atoms with Crippen molar-refractivity contribution in [1.29, 1.82) is 0 Å². The van der Waals surface area contributed by atoms with Crippen LogP contribution < -0.4 is 22.1 Å². The van der Waals surface area contributed by atoms with Crippen molar-refractivity contribution >= 4 is 34.4 Å². The average Bonchev–Trinajstić information content (AvgIpc) is 3.43. The Bertz CT molecular complexity index is 2030. The van der Waals surface area contributed by atoms with Crippen LogP contribution in [0.25, 0.3) is 39.2 Å². The van der Waals surface area contributed by atoms with Gasteiger partial charge in [0.2, 0.25) is 5.91 Å². The Morgan fingerprint density at radius 2 is 1.62 bits per heavy atom. The number of pyridine rings is 1. The van der Waals surface area contributed by atoms with Crippen LogP contribution >= 0.6 is 0 Å². The Labute approximate surface area is 260 Å². The number of imidazole rings is 1. The lowest BCUT2D eigenvalue weighted by atomic mass is 10.1. The van der Waals surface area contributed by atoms with Crippen LogP contribution in [0.15, 0.2) is 127 Å². The number of carbonyl (C=O) groups is 2. The minimum Gasteiger partial charge on any atom is -0.402 e. The number of amides is 2. The lowest BCUT2D eigenvalue weighted by Crippen LogP contribution is -2.22. The first kappa shape index (κ1) is 28.9. The number of fused-ring (bicyclic) bond motifs is 1. The van der Waals surface area contributed by atoms with Crippen molar-refractivity contribution in [3.05, 3.63) is 138 Å². The maximum Gasteiger partial charge on any atom is 0.251 e. The molecule has 45 heavy (non-hydrogen) atoms. The molecule has 0 bridgehead atoms. The van der Waals surface area contributed by atoms with E-state index in [4.69, 9.17) is 16.5 Å². The normalized spacial score (nSPS) is 11.4. The molecule has 2 heterocycles. The van der Waals surface area contributed by atoms with Gasteiger partial charge in [-0.25, -0.2) is 9.97 Å². The summed E-state index contributed by atoms with van der Waals surface area (Å²) in [4.78, 5) is 34.0. The van der Waals surface area contributed by atoms with Gasteiger partial charge in [-0.05, 0) is 84.3 Å². The van der Waals surface area contributed by atoms with Crippen LogP contribution in [-0.2, 0) is 11.3 Å². The van der Waals surface area contributed by atoms with E-state index in [1.165, 1.54) is 6.08 Å². The summed E-state index contributed by atoms with van der Waals surface area (Å²) < 4.78 is 2.09. The zero-order chi connectivity index (χ0) is 31.3. The number of nitrogens with one attached hydrogen (secondary N) is 2. The number of rotatable bonds is 8. The molecule has 0 aliphatic carbocycles. The highest BCUT2D eigenvalue weighted by Crippen LogP contribution is 2.33. The summed E-state index contributed by atoms with van der Waals surface area (Å²) in [6, 6.07) is 34.8. The second kappa shape index (κ2) is 12.6. The first-order valence-corrected chi connectivity index (χ1v) is 14.4. The number of benzene rings is 4. The van der Waals surface area contributed by atoms with Gasteiger partial charge in [-0.2, -0.15) is 0 Å². The highest BCUT2D eigenvalue weighted by atomic mass is 16.2. The van der Waals surface area contributed by atoms with Crippen LogP contribution in [0.4, 0.5) is 11.5 Å². The molecule has 2 aromatic heterocycles. The summed E-state index contributed by atoms with van der Waals surface area (Å²) in [6.07, 6.45) is 2.97. The number of nitrogens with zero attached hydrogens (tertiary/aromatic N) is 3. The van der Waals surface area contributed by atoms with E-state index in [1.54, 1.807) is 37.4 Å². The molecule has 0 aliphatic rings. The first-order chi connectivity index (χ1) is 21.9. The molecule has 0 saturated carbocycles. The summed E-state index contributed by atoms with van der Waals surface area (Å²) in [6.45, 7) is 1.97. The van der Waals surface area contributed by atoms with E-state index in [9.17, 15) is 9.59 Å². The van der Waals surface area contributed by atoms with E-state index < -0.39 is 0 Å². The lowest BCUT2D eigenvalue weighted by molar-refractivity contribution is -0.112. The molecule has 6 aromatic rings. The average molecular weight is 594 g/mol. The molecular weight excluding hydrogens is 562 g/mol. The van der Waals surface area contributed by atoms with Gasteiger partial charge >= 0.3 is 0 Å². The van der Waals surface area contributed by atoms with Crippen LogP contribution in [0, 0.1) is 0 Å². The Morgan fingerprint density at radius 1 is 0.867 bits per heavy atom. The molecule has 0 fully saturated rings. The van der Waals surface area contributed by atoms with Crippen molar-refractivity contribution in [2.24, 2.45) is 5.73 Å². The number of aromatic nitrogens is 3. The summed E-state index contributed by atoms with van der Waals surface area (Å²) in [5.74, 6) is 0.537. The van der Waals surface area contributed by atoms with Gasteiger partial charge in [-0.3, -0.25) is 14.2 Å². The number of hydrogen-bond acceptors (Lipinski definition) is 6. The van der Waals surface area contributed by atoms with Crippen LogP contribution in [-0.4, -0.2) is 26.3 Å². The molecule has 0 spiro atoms. The van der Waals surface area contributed by atoms with E-state index in [0.29, 0.717) is 35.1 Å². The minimum atomic E-state index is -0.327. The number of hydrogen-bond donors (Lipinski definition) is 4. The Hall–Kier alpha value is -6.22. The van der Waals surface area contributed by atoms with E-state index in [1.807, 2.05) is 60.7 Å². The maximum absolute atomic E-state index is 12.8. The standard InChI is InChI=1S/C36H31N7O2/c1-23(37)20-33(44)41-28-14-11-26(12-15-28)36(45)40-22-24-9-16-29(17-10-24)43-32-21-27(25-6-3-2-4-7-25)13-18-31(32)42-35(43)30-8-5-19-39-34(30)38/h2-21H,22,37H2,1H3,(H2,38,39)(H,40,45)(H,41,44)/b23-20-. The minimum absolute atomic E-state index is 0.224. The zero-order valence-corrected chi connectivity index (χ0v) is 24.6. The van der Waals surface area contributed by atoms with Crippen LogP contribution in [0.3, 0.4) is 0 Å². The fraction of sp³-hybridized carbons (Fsp3) is 0.0556. The van der Waals surface area contributed by atoms with Gasteiger partial charge in [-0.15, -0.1) is 0 Å². The predicted molar refractivity (Wildman–Crippen MR) is 178 cm³/mol. The molecule has 6 rings (SSSR count). The van der Waals surface area contributed by atoms with E-state index in [2.05, 4.69) is 44.5 Å². The largest absolute Gasteiger partial charge is 0.402 e. The monoisotopic (exact) mass is 593 g/mol. The number of allylic oxidation sites excluding steroid dienone is 1. The molecule has 222 valence electrons. The summed E-state index contributed by atoms with van der Waals surface area (Å²) in [7, 11) is 0.